The quantitative estimate of drug-likeness (QED) is 0.598. The minimum absolute atomic E-state index is 0.0982. The number of nitrogens with two attached hydrogens (primary N) is 1. The van der Waals surface area contributed by atoms with Crippen molar-refractivity contribution in [3.8, 4) is 0 Å². The number of nitrogens with zero attached hydrogens (tertiary/aromatic N) is 3. The molecule has 2 aromatic rings. The van der Waals surface area contributed by atoms with E-state index >= 15 is 0 Å². The zero-order valence-corrected chi connectivity index (χ0v) is 15.2. The largest absolute Gasteiger partial charge is 0.374 e. The second kappa shape index (κ2) is 7.18. The van der Waals surface area contributed by atoms with E-state index in [0.29, 0.717) is 28.1 Å². The predicted octanol–water partition coefficient (Wildman–Crippen LogP) is 1.88. The van der Waals surface area contributed by atoms with Gasteiger partial charge in [0.2, 0.25) is 15.2 Å². The highest BCUT2D eigenvalue weighted by Gasteiger charge is 2.27. The first-order valence-corrected chi connectivity index (χ1v) is 10.6. The smallest absolute Gasteiger partial charge is 0.243 e. The Morgan fingerprint density at radius 3 is 2.46 bits per heavy atom. The lowest BCUT2D eigenvalue weighted by molar-refractivity contribution is 0.102. The molecule has 0 saturated carbocycles. The van der Waals surface area contributed by atoms with Crippen molar-refractivity contribution < 1.29 is 13.2 Å². The summed E-state index contributed by atoms with van der Waals surface area (Å²) in [6.07, 6.45) is 1.78. The van der Waals surface area contributed by atoms with E-state index in [1.54, 1.807) is 12.1 Å². The summed E-state index contributed by atoms with van der Waals surface area (Å²) in [4.78, 5) is 12.4. The fraction of sp³-hybridized carbons (Fsp3) is 0.357. The monoisotopic (exact) mass is 384 g/mol. The summed E-state index contributed by atoms with van der Waals surface area (Å²) in [6.45, 7) is 1.12. The molecule has 0 atom stereocenters. The molecule has 10 heteroatoms. The number of Topliss-reactive ketones (excluding diaryl/α,β-unsaturated/α-hetero) is 1. The number of thioether (sulfide) groups is 1. The Balaban J connectivity index is 1.66. The van der Waals surface area contributed by atoms with Crippen LogP contribution < -0.4 is 5.73 Å². The van der Waals surface area contributed by atoms with Crippen LogP contribution in [0.2, 0.25) is 0 Å². The first-order chi connectivity index (χ1) is 11.5. The van der Waals surface area contributed by atoms with Crippen molar-refractivity contribution in [3.63, 3.8) is 0 Å². The van der Waals surface area contributed by atoms with Gasteiger partial charge in [0, 0.05) is 18.7 Å². The third-order valence-electron chi connectivity index (χ3n) is 3.63. The van der Waals surface area contributed by atoms with E-state index in [2.05, 4.69) is 10.2 Å². The molecular formula is C14H16N4O3S3. The Morgan fingerprint density at radius 2 is 1.88 bits per heavy atom. The van der Waals surface area contributed by atoms with E-state index in [-0.39, 0.29) is 16.4 Å². The Bertz CT molecular complexity index is 827. The number of rotatable bonds is 6. The standard InChI is InChI=1S/C14H16N4O3S3/c15-13-16-17-14(23-13)22-9-12(19)10-3-5-11(6-4-10)24(20,21)18-7-1-2-8-18/h3-6H,1-2,7-9H2,(H2,15,16). The van der Waals surface area contributed by atoms with Crippen LogP contribution in [0.4, 0.5) is 5.13 Å². The number of hydrogen-bond acceptors (Lipinski definition) is 8. The number of anilines is 1. The zero-order valence-electron chi connectivity index (χ0n) is 12.7. The molecule has 3 rings (SSSR count). The number of hydrogen-bond donors (Lipinski definition) is 1. The molecule has 1 saturated heterocycles. The SMILES string of the molecule is Nc1nnc(SCC(=O)c2ccc(S(=O)(=O)N3CCCC3)cc2)s1. The molecular weight excluding hydrogens is 368 g/mol. The lowest BCUT2D eigenvalue weighted by atomic mass is 10.1. The molecule has 0 amide bonds. The Kier molecular flexibility index (Phi) is 5.18. The van der Waals surface area contributed by atoms with Gasteiger partial charge in [0.05, 0.1) is 10.6 Å². The van der Waals surface area contributed by atoms with Gasteiger partial charge in [-0.2, -0.15) is 4.31 Å². The Hall–Kier alpha value is -1.49. The van der Waals surface area contributed by atoms with Crippen LogP contribution >= 0.6 is 23.1 Å². The average molecular weight is 385 g/mol. The number of nitrogen functional groups attached to an aromatic ring is 1. The topological polar surface area (TPSA) is 106 Å². The molecule has 2 N–H and O–H groups in total. The predicted molar refractivity (Wildman–Crippen MR) is 93.8 cm³/mol. The molecule has 1 aliphatic rings. The van der Waals surface area contributed by atoms with Crippen LogP contribution in [0.5, 0.6) is 0 Å². The maximum atomic E-state index is 12.4. The Morgan fingerprint density at radius 1 is 1.21 bits per heavy atom. The molecule has 0 unspecified atom stereocenters. The lowest BCUT2D eigenvalue weighted by Crippen LogP contribution is -2.27. The van der Waals surface area contributed by atoms with Gasteiger partial charge in [-0.05, 0) is 25.0 Å². The van der Waals surface area contributed by atoms with Crippen molar-refractivity contribution in [1.29, 1.82) is 0 Å². The fourth-order valence-corrected chi connectivity index (χ4v) is 5.43. The summed E-state index contributed by atoms with van der Waals surface area (Å²) in [5.74, 6) is 0.103. The highest BCUT2D eigenvalue weighted by atomic mass is 32.2. The maximum Gasteiger partial charge on any atom is 0.243 e. The number of sulfonamides is 1. The normalized spacial score (nSPS) is 15.7. The summed E-state index contributed by atoms with van der Waals surface area (Å²) in [5.41, 5.74) is 5.96. The molecule has 7 nitrogen and oxygen atoms in total. The third-order valence-corrected chi connectivity index (χ3v) is 7.43. The van der Waals surface area contributed by atoms with Crippen LogP contribution in [0.25, 0.3) is 0 Å². The van der Waals surface area contributed by atoms with Crippen molar-refractivity contribution in [2.75, 3.05) is 24.6 Å². The van der Waals surface area contributed by atoms with E-state index < -0.39 is 10.0 Å². The molecule has 1 aliphatic heterocycles. The highest BCUT2D eigenvalue weighted by molar-refractivity contribution is 8.01. The van der Waals surface area contributed by atoms with Gasteiger partial charge in [-0.25, -0.2) is 8.42 Å². The maximum absolute atomic E-state index is 12.4. The van der Waals surface area contributed by atoms with Gasteiger partial charge in [0.15, 0.2) is 10.1 Å². The van der Waals surface area contributed by atoms with Crippen LogP contribution in [0.15, 0.2) is 33.5 Å². The van der Waals surface area contributed by atoms with E-state index in [0.717, 1.165) is 12.8 Å². The van der Waals surface area contributed by atoms with Gasteiger partial charge in [-0.3, -0.25) is 4.79 Å². The van der Waals surface area contributed by atoms with Crippen molar-refractivity contribution in [2.45, 2.75) is 22.1 Å². The molecule has 0 bridgehead atoms. The van der Waals surface area contributed by atoms with Crippen molar-refractivity contribution in [3.05, 3.63) is 29.8 Å². The van der Waals surface area contributed by atoms with Crippen molar-refractivity contribution >= 4 is 44.0 Å². The van der Waals surface area contributed by atoms with E-state index in [1.165, 1.54) is 39.5 Å². The van der Waals surface area contributed by atoms with Crippen LogP contribution in [0.1, 0.15) is 23.2 Å². The molecule has 1 aromatic carbocycles. The number of carbonyl (C=O) groups is 1. The van der Waals surface area contributed by atoms with Crippen LogP contribution in [-0.4, -0.2) is 47.5 Å². The minimum Gasteiger partial charge on any atom is -0.374 e. The van der Waals surface area contributed by atoms with Gasteiger partial charge in [0.25, 0.3) is 0 Å². The molecule has 0 aliphatic carbocycles. The first-order valence-electron chi connectivity index (χ1n) is 7.32. The molecule has 1 fully saturated rings. The summed E-state index contributed by atoms with van der Waals surface area (Å²) in [7, 11) is -3.45. The van der Waals surface area contributed by atoms with Crippen molar-refractivity contribution in [2.24, 2.45) is 0 Å². The number of ketones is 1. The third kappa shape index (κ3) is 3.77. The lowest BCUT2D eigenvalue weighted by Gasteiger charge is -2.15. The van der Waals surface area contributed by atoms with Gasteiger partial charge < -0.3 is 5.73 Å². The second-order valence-electron chi connectivity index (χ2n) is 5.25. The molecule has 128 valence electrons. The van der Waals surface area contributed by atoms with Crippen LogP contribution in [0, 0.1) is 0 Å². The summed E-state index contributed by atoms with van der Waals surface area (Å²) < 4.78 is 27.0. The van der Waals surface area contributed by atoms with Crippen molar-refractivity contribution in [1.82, 2.24) is 14.5 Å². The second-order valence-corrected chi connectivity index (χ2v) is 9.42. The molecule has 1 aromatic heterocycles. The highest BCUT2D eigenvalue weighted by Crippen LogP contribution is 2.25. The summed E-state index contributed by atoms with van der Waals surface area (Å²) in [5, 5.41) is 7.89. The summed E-state index contributed by atoms with van der Waals surface area (Å²) in [6, 6.07) is 6.10. The van der Waals surface area contributed by atoms with E-state index in [9.17, 15) is 13.2 Å². The number of aromatic nitrogens is 2. The molecule has 2 heterocycles. The fourth-order valence-electron chi connectivity index (χ4n) is 2.38. The molecule has 0 spiro atoms. The Labute approximate surface area is 148 Å². The van der Waals surface area contributed by atoms with Gasteiger partial charge >= 0.3 is 0 Å². The van der Waals surface area contributed by atoms with E-state index in [4.69, 9.17) is 5.73 Å². The average Bonchev–Trinajstić information content (AvgIpc) is 3.24. The number of carbonyl (C=O) groups excluding carboxylic acids is 1. The van der Waals surface area contributed by atoms with Gasteiger partial charge in [-0.1, -0.05) is 35.2 Å². The molecule has 24 heavy (non-hydrogen) atoms. The minimum atomic E-state index is -3.45. The number of benzene rings is 1. The van der Waals surface area contributed by atoms with Crippen LogP contribution in [-0.2, 0) is 10.0 Å². The van der Waals surface area contributed by atoms with Crippen LogP contribution in [0.3, 0.4) is 0 Å². The first kappa shape index (κ1) is 17.3. The zero-order chi connectivity index (χ0) is 17.2. The van der Waals surface area contributed by atoms with Gasteiger partial charge in [-0.15, -0.1) is 10.2 Å². The van der Waals surface area contributed by atoms with E-state index in [1.807, 2.05) is 0 Å². The van der Waals surface area contributed by atoms with Gasteiger partial charge in [0.1, 0.15) is 0 Å². The summed E-state index contributed by atoms with van der Waals surface area (Å²) >= 11 is 2.49. The molecule has 0 radical (unpaired) electrons.